The lowest BCUT2D eigenvalue weighted by atomic mass is 10.3. The molecule has 11 heteroatoms. The van der Waals surface area contributed by atoms with Gasteiger partial charge in [0.05, 0.1) is 10.4 Å². The molecule has 0 radical (unpaired) electrons. The third-order valence-electron chi connectivity index (χ3n) is 3.38. The van der Waals surface area contributed by atoms with Gasteiger partial charge in [0.15, 0.2) is 5.82 Å². The minimum Gasteiger partial charge on any atom is -0.401 e. The van der Waals surface area contributed by atoms with Gasteiger partial charge in [0.1, 0.15) is 25.6 Å². The van der Waals surface area contributed by atoms with Crippen molar-refractivity contribution in [2.45, 2.75) is 0 Å². The maximum Gasteiger partial charge on any atom is 0.347 e. The van der Waals surface area contributed by atoms with Crippen LogP contribution in [0.25, 0.3) is 28.3 Å². The molecule has 130 valence electrons. The topological polar surface area (TPSA) is 86.7 Å². The Morgan fingerprint density at radius 2 is 1.96 bits per heavy atom. The van der Waals surface area contributed by atoms with Gasteiger partial charge in [0.25, 0.3) is 0 Å². The number of aromatic nitrogens is 5. The highest BCUT2D eigenvalue weighted by molar-refractivity contribution is 9.10. The van der Waals surface area contributed by atoms with Crippen molar-refractivity contribution in [2.24, 2.45) is 0 Å². The van der Waals surface area contributed by atoms with Crippen LogP contribution in [0.15, 0.2) is 48.9 Å². The van der Waals surface area contributed by atoms with Gasteiger partial charge in [-0.1, -0.05) is 23.2 Å². The second kappa shape index (κ2) is 6.73. The molecule has 7 nitrogen and oxygen atoms in total. The average Bonchev–Trinajstić information content (AvgIpc) is 2.97. The van der Waals surface area contributed by atoms with Crippen LogP contribution in [0.5, 0.6) is 0 Å². The van der Waals surface area contributed by atoms with Crippen molar-refractivity contribution >= 4 is 66.0 Å². The van der Waals surface area contributed by atoms with Crippen LogP contribution in [-0.4, -0.2) is 24.7 Å². The summed E-state index contributed by atoms with van der Waals surface area (Å²) in [7, 11) is 0. The Hall–Kier alpha value is -1.81. The smallest absolute Gasteiger partial charge is 0.347 e. The summed E-state index contributed by atoms with van der Waals surface area (Å²) in [5.41, 5.74) is 0.0981. The zero-order chi connectivity index (χ0) is 18.4. The maximum absolute atomic E-state index is 12.4. The third-order valence-corrected chi connectivity index (χ3v) is 4.81. The summed E-state index contributed by atoms with van der Waals surface area (Å²) in [5, 5.41) is 5.04. The Kier molecular flexibility index (Phi) is 4.55. The Labute approximate surface area is 172 Å². The fraction of sp³-hybridized carbons (Fsp3) is 0. The lowest BCUT2D eigenvalue weighted by Gasteiger charge is -2.07. The predicted octanol–water partition coefficient (Wildman–Crippen LogP) is 4.66. The molecule has 4 aromatic heterocycles. The molecule has 0 aromatic carbocycles. The molecule has 4 aromatic rings. The van der Waals surface area contributed by atoms with Crippen molar-refractivity contribution in [3.63, 3.8) is 0 Å². The molecule has 4 heterocycles. The van der Waals surface area contributed by atoms with E-state index < -0.39 is 5.63 Å². The first-order valence-electron chi connectivity index (χ1n) is 6.98. The zero-order valence-electron chi connectivity index (χ0n) is 12.5. The summed E-state index contributed by atoms with van der Waals surface area (Å²) < 4.78 is 7.63. The molecule has 0 atom stereocenters. The normalized spacial score (nSPS) is 11.2. The van der Waals surface area contributed by atoms with E-state index in [-0.39, 0.29) is 16.4 Å². The second-order valence-electron chi connectivity index (χ2n) is 5.01. The van der Waals surface area contributed by atoms with Crippen molar-refractivity contribution in [3.8, 4) is 17.4 Å². The summed E-state index contributed by atoms with van der Waals surface area (Å²) in [6.07, 6.45) is 1.58. The second-order valence-corrected chi connectivity index (χ2v) is 7.37. The molecule has 0 saturated heterocycles. The number of pyridine rings is 2. The van der Waals surface area contributed by atoms with Gasteiger partial charge in [0.2, 0.25) is 5.89 Å². The van der Waals surface area contributed by atoms with Crippen molar-refractivity contribution in [3.05, 3.63) is 60.3 Å². The van der Waals surface area contributed by atoms with E-state index in [1.165, 1.54) is 10.7 Å². The maximum atomic E-state index is 12.4. The first kappa shape index (κ1) is 17.6. The molecule has 0 aliphatic carbocycles. The van der Waals surface area contributed by atoms with E-state index in [0.717, 1.165) is 0 Å². The van der Waals surface area contributed by atoms with Crippen LogP contribution in [-0.2, 0) is 0 Å². The van der Waals surface area contributed by atoms with Crippen LogP contribution in [0.1, 0.15) is 0 Å². The van der Waals surface area contributed by atoms with E-state index in [0.29, 0.717) is 31.3 Å². The molecule has 0 amide bonds. The van der Waals surface area contributed by atoms with Crippen LogP contribution >= 0.6 is 55.1 Å². The fourth-order valence-corrected chi connectivity index (χ4v) is 3.68. The van der Waals surface area contributed by atoms with Gasteiger partial charge >= 0.3 is 5.63 Å². The zero-order valence-corrected chi connectivity index (χ0v) is 17.1. The Bertz CT molecular complexity index is 1220. The highest BCUT2D eigenvalue weighted by Gasteiger charge is 2.20. The van der Waals surface area contributed by atoms with E-state index in [1.807, 2.05) is 0 Å². The van der Waals surface area contributed by atoms with Crippen molar-refractivity contribution in [2.75, 3.05) is 0 Å². The number of nitrogens with zero attached hydrogens (tertiary/aromatic N) is 5. The van der Waals surface area contributed by atoms with Crippen molar-refractivity contribution < 1.29 is 4.42 Å². The third kappa shape index (κ3) is 3.05. The molecule has 0 aliphatic heterocycles. The molecule has 0 fully saturated rings. The van der Waals surface area contributed by atoms with Crippen LogP contribution < -0.4 is 5.63 Å². The van der Waals surface area contributed by atoms with Crippen LogP contribution in [0.4, 0.5) is 0 Å². The van der Waals surface area contributed by atoms with Gasteiger partial charge in [-0.15, -0.1) is 0 Å². The molecule has 26 heavy (non-hydrogen) atoms. The van der Waals surface area contributed by atoms with Crippen LogP contribution in [0, 0.1) is 0 Å². The number of hydrogen-bond acceptors (Lipinski definition) is 6. The summed E-state index contributed by atoms with van der Waals surface area (Å²) >= 11 is 18.7. The van der Waals surface area contributed by atoms with Gasteiger partial charge in [-0.25, -0.2) is 24.4 Å². The standard InChI is InChI=1S/C15H5Br2Cl2N5O2/c16-9-5-8(24(23-9)13-7(18)2-1-3-20-13)14-22-11-6(15(25)26-14)4-10(19)21-12(11)17/h1-5H. The molecule has 0 N–H and O–H groups in total. The first-order chi connectivity index (χ1) is 12.4. The highest BCUT2D eigenvalue weighted by atomic mass is 79.9. The van der Waals surface area contributed by atoms with Crippen molar-refractivity contribution in [1.82, 2.24) is 24.7 Å². The minimum absolute atomic E-state index is 0.0345. The van der Waals surface area contributed by atoms with E-state index in [9.17, 15) is 4.79 Å². The van der Waals surface area contributed by atoms with Gasteiger partial charge < -0.3 is 4.42 Å². The number of fused-ring (bicyclic) bond motifs is 1. The van der Waals surface area contributed by atoms with E-state index >= 15 is 0 Å². The Morgan fingerprint density at radius 1 is 1.15 bits per heavy atom. The SMILES string of the molecule is O=c1oc(-c2cc(Br)nn2-c2ncccc2Cl)nc2c(Br)nc(Cl)cc12. The van der Waals surface area contributed by atoms with E-state index in [2.05, 4.69) is 51.9 Å². The van der Waals surface area contributed by atoms with Gasteiger partial charge in [-0.3, -0.25) is 0 Å². The van der Waals surface area contributed by atoms with Crippen molar-refractivity contribution in [1.29, 1.82) is 0 Å². The summed E-state index contributed by atoms with van der Waals surface area (Å²) in [5.74, 6) is 0.403. The predicted molar refractivity (Wildman–Crippen MR) is 104 cm³/mol. The number of hydrogen-bond donors (Lipinski definition) is 0. The van der Waals surface area contributed by atoms with E-state index in [4.69, 9.17) is 27.6 Å². The largest absolute Gasteiger partial charge is 0.401 e. The molecule has 0 unspecified atom stereocenters. The van der Waals surface area contributed by atoms with Crippen LogP contribution in [0.3, 0.4) is 0 Å². The highest BCUT2D eigenvalue weighted by Crippen LogP contribution is 2.29. The number of rotatable bonds is 2. The lowest BCUT2D eigenvalue weighted by molar-refractivity contribution is 0.513. The molecule has 0 bridgehead atoms. The number of halogens is 4. The summed E-state index contributed by atoms with van der Waals surface area (Å²) in [6, 6.07) is 6.41. The Balaban J connectivity index is 2.01. The molecule has 0 spiro atoms. The minimum atomic E-state index is -0.606. The quantitative estimate of drug-likeness (QED) is 0.359. The van der Waals surface area contributed by atoms with E-state index in [1.54, 1.807) is 24.4 Å². The van der Waals surface area contributed by atoms with Gasteiger partial charge in [0, 0.05) is 12.3 Å². The molecule has 4 rings (SSSR count). The lowest BCUT2D eigenvalue weighted by Crippen LogP contribution is -2.08. The summed E-state index contributed by atoms with van der Waals surface area (Å²) in [6.45, 7) is 0. The van der Waals surface area contributed by atoms with Crippen LogP contribution in [0.2, 0.25) is 10.2 Å². The summed E-state index contributed by atoms with van der Waals surface area (Å²) in [4.78, 5) is 25.1. The molecule has 0 saturated carbocycles. The monoisotopic (exact) mass is 515 g/mol. The molecular formula is C15H5Br2Cl2N5O2. The Morgan fingerprint density at radius 3 is 2.73 bits per heavy atom. The fourth-order valence-electron chi connectivity index (χ4n) is 2.32. The molecule has 0 aliphatic rings. The average molecular weight is 518 g/mol. The van der Waals surface area contributed by atoms with Gasteiger partial charge in [-0.05, 0) is 50.1 Å². The molecular weight excluding hydrogens is 513 g/mol. The first-order valence-corrected chi connectivity index (χ1v) is 9.32. The van der Waals surface area contributed by atoms with Gasteiger partial charge in [-0.2, -0.15) is 5.10 Å².